The average Bonchev–Trinajstić information content (AvgIpc) is 2.87. The highest BCUT2D eigenvalue weighted by atomic mass is 32.1. The predicted molar refractivity (Wildman–Crippen MR) is 71.2 cm³/mol. The first kappa shape index (κ1) is 11.8. The molecule has 2 aromatic heterocycles. The molecule has 2 N–H and O–H groups in total. The van der Waals surface area contributed by atoms with E-state index in [9.17, 15) is 0 Å². The molecule has 86 valence electrons. The van der Waals surface area contributed by atoms with Gasteiger partial charge < -0.3 is 5.73 Å². The maximum atomic E-state index is 6.15. The molecule has 0 aliphatic heterocycles. The second-order valence-electron chi connectivity index (χ2n) is 3.79. The summed E-state index contributed by atoms with van der Waals surface area (Å²) in [6, 6.07) is 4.23. The third-order valence-corrected chi connectivity index (χ3v) is 4.61. The lowest BCUT2D eigenvalue weighted by Crippen LogP contribution is -2.11. The average molecular weight is 252 g/mol. The number of nitrogens with two attached hydrogens (primary N) is 1. The number of hydrogen-bond donors (Lipinski definition) is 1. The molecule has 0 aromatic carbocycles. The summed E-state index contributed by atoms with van der Waals surface area (Å²) in [5.41, 5.74) is 7.37. The van der Waals surface area contributed by atoms with Crippen LogP contribution in [0.25, 0.3) is 0 Å². The molecule has 2 heterocycles. The van der Waals surface area contributed by atoms with Gasteiger partial charge in [0.2, 0.25) is 0 Å². The summed E-state index contributed by atoms with van der Waals surface area (Å²) in [5.74, 6) is 0. The standard InChI is InChI=1S/C12H16N2S2/c1-3-10-8(2)16-12(14-10)7-9(13)11-5-4-6-15-11/h4-6,9H,3,7,13H2,1-2H3. The first-order valence-corrected chi connectivity index (χ1v) is 7.14. The van der Waals surface area contributed by atoms with Crippen molar-refractivity contribution in [1.29, 1.82) is 0 Å². The first-order chi connectivity index (χ1) is 7.70. The summed E-state index contributed by atoms with van der Waals surface area (Å²) in [7, 11) is 0. The third-order valence-electron chi connectivity index (χ3n) is 2.58. The van der Waals surface area contributed by atoms with Crippen LogP contribution in [0.15, 0.2) is 17.5 Å². The van der Waals surface area contributed by atoms with Crippen molar-refractivity contribution >= 4 is 22.7 Å². The molecular weight excluding hydrogens is 236 g/mol. The Morgan fingerprint density at radius 2 is 2.31 bits per heavy atom. The smallest absolute Gasteiger partial charge is 0.0950 e. The van der Waals surface area contributed by atoms with Gasteiger partial charge >= 0.3 is 0 Å². The Bertz CT molecular complexity index is 446. The molecule has 1 unspecified atom stereocenters. The van der Waals surface area contributed by atoms with Crippen LogP contribution in [-0.2, 0) is 12.8 Å². The number of hydrogen-bond acceptors (Lipinski definition) is 4. The Morgan fingerprint density at radius 3 is 2.88 bits per heavy atom. The number of nitrogens with zero attached hydrogens (tertiary/aromatic N) is 1. The lowest BCUT2D eigenvalue weighted by Gasteiger charge is -2.06. The lowest BCUT2D eigenvalue weighted by atomic mass is 10.2. The van der Waals surface area contributed by atoms with E-state index in [2.05, 4.69) is 30.3 Å². The zero-order valence-corrected chi connectivity index (χ0v) is 11.2. The second kappa shape index (κ2) is 5.08. The minimum Gasteiger partial charge on any atom is -0.323 e. The van der Waals surface area contributed by atoms with Crippen molar-refractivity contribution in [2.45, 2.75) is 32.7 Å². The highest BCUT2D eigenvalue weighted by Crippen LogP contribution is 2.24. The van der Waals surface area contributed by atoms with Crippen LogP contribution in [0.2, 0.25) is 0 Å². The minimum atomic E-state index is 0.0928. The van der Waals surface area contributed by atoms with Gasteiger partial charge in [0.25, 0.3) is 0 Å². The van der Waals surface area contributed by atoms with Crippen molar-refractivity contribution in [3.05, 3.63) is 38.0 Å². The van der Waals surface area contributed by atoms with Crippen LogP contribution < -0.4 is 5.73 Å². The van der Waals surface area contributed by atoms with Crippen LogP contribution in [0.1, 0.15) is 33.4 Å². The Labute approximate surface area is 104 Å². The molecule has 4 heteroatoms. The quantitative estimate of drug-likeness (QED) is 0.906. The lowest BCUT2D eigenvalue weighted by molar-refractivity contribution is 0.729. The Balaban J connectivity index is 2.09. The Hall–Kier alpha value is -0.710. The molecule has 2 nitrogen and oxygen atoms in total. The Morgan fingerprint density at radius 1 is 1.50 bits per heavy atom. The van der Waals surface area contributed by atoms with Crippen LogP contribution in [0, 0.1) is 6.92 Å². The maximum absolute atomic E-state index is 6.15. The first-order valence-electron chi connectivity index (χ1n) is 5.45. The zero-order valence-electron chi connectivity index (χ0n) is 9.56. The molecule has 0 fully saturated rings. The van der Waals surface area contributed by atoms with Crippen molar-refractivity contribution in [2.24, 2.45) is 5.73 Å². The van der Waals surface area contributed by atoms with Gasteiger partial charge in [0.05, 0.1) is 10.7 Å². The normalized spacial score (nSPS) is 12.9. The summed E-state index contributed by atoms with van der Waals surface area (Å²) in [6.45, 7) is 4.28. The molecule has 0 radical (unpaired) electrons. The van der Waals surface area contributed by atoms with Gasteiger partial charge in [-0.15, -0.1) is 22.7 Å². The number of aryl methyl sites for hydroxylation is 2. The van der Waals surface area contributed by atoms with Crippen molar-refractivity contribution in [3.63, 3.8) is 0 Å². The SMILES string of the molecule is CCc1nc(CC(N)c2cccs2)sc1C. The van der Waals surface area contributed by atoms with E-state index in [-0.39, 0.29) is 6.04 Å². The van der Waals surface area contributed by atoms with Gasteiger partial charge in [-0.3, -0.25) is 0 Å². The highest BCUT2D eigenvalue weighted by Gasteiger charge is 2.12. The summed E-state index contributed by atoms with van der Waals surface area (Å²) in [4.78, 5) is 7.19. The van der Waals surface area contributed by atoms with Crippen LogP contribution in [-0.4, -0.2) is 4.98 Å². The molecule has 16 heavy (non-hydrogen) atoms. The molecule has 0 spiro atoms. The summed E-state index contributed by atoms with van der Waals surface area (Å²) in [6.07, 6.45) is 1.86. The van der Waals surface area contributed by atoms with Crippen molar-refractivity contribution < 1.29 is 0 Å². The summed E-state index contributed by atoms with van der Waals surface area (Å²) < 4.78 is 0. The number of rotatable bonds is 4. The Kier molecular flexibility index (Phi) is 3.74. The third kappa shape index (κ3) is 2.51. The molecule has 0 saturated carbocycles. The maximum Gasteiger partial charge on any atom is 0.0950 e. The second-order valence-corrected chi connectivity index (χ2v) is 6.06. The van der Waals surface area contributed by atoms with Gasteiger partial charge in [-0.2, -0.15) is 0 Å². The molecule has 0 bridgehead atoms. The fraction of sp³-hybridized carbons (Fsp3) is 0.417. The molecule has 2 aromatic rings. The molecule has 1 atom stereocenters. The molecule has 0 saturated heterocycles. The highest BCUT2D eigenvalue weighted by molar-refractivity contribution is 7.11. The zero-order chi connectivity index (χ0) is 11.5. The van der Waals surface area contributed by atoms with Gasteiger partial charge in [0.1, 0.15) is 0 Å². The van der Waals surface area contributed by atoms with E-state index >= 15 is 0 Å². The molecule has 0 amide bonds. The molecule has 0 aliphatic carbocycles. The van der Waals surface area contributed by atoms with Crippen LogP contribution in [0.4, 0.5) is 0 Å². The van der Waals surface area contributed by atoms with Crippen LogP contribution >= 0.6 is 22.7 Å². The van der Waals surface area contributed by atoms with E-state index in [0.717, 1.165) is 17.8 Å². The summed E-state index contributed by atoms with van der Waals surface area (Å²) in [5, 5.41) is 3.23. The minimum absolute atomic E-state index is 0.0928. The van der Waals surface area contributed by atoms with Crippen LogP contribution in [0.5, 0.6) is 0 Å². The van der Waals surface area contributed by atoms with E-state index in [0.29, 0.717) is 0 Å². The fourth-order valence-corrected chi connectivity index (χ4v) is 3.50. The van der Waals surface area contributed by atoms with Gasteiger partial charge in [-0.25, -0.2) is 4.98 Å². The van der Waals surface area contributed by atoms with Gasteiger partial charge in [0.15, 0.2) is 0 Å². The van der Waals surface area contributed by atoms with E-state index in [1.165, 1.54) is 15.4 Å². The number of thiazole rings is 1. The largest absolute Gasteiger partial charge is 0.323 e. The molecule has 0 aliphatic rings. The number of thiophene rings is 1. The van der Waals surface area contributed by atoms with Gasteiger partial charge in [-0.05, 0) is 24.8 Å². The molecule has 2 rings (SSSR count). The summed E-state index contributed by atoms with van der Waals surface area (Å²) >= 11 is 3.50. The topological polar surface area (TPSA) is 38.9 Å². The molecular formula is C12H16N2S2. The van der Waals surface area contributed by atoms with Gasteiger partial charge in [0, 0.05) is 22.2 Å². The number of aromatic nitrogens is 1. The fourth-order valence-electron chi connectivity index (χ4n) is 1.69. The van der Waals surface area contributed by atoms with E-state index in [1.54, 1.807) is 22.7 Å². The van der Waals surface area contributed by atoms with E-state index < -0.39 is 0 Å². The van der Waals surface area contributed by atoms with Crippen molar-refractivity contribution in [3.8, 4) is 0 Å². The van der Waals surface area contributed by atoms with Crippen molar-refractivity contribution in [2.75, 3.05) is 0 Å². The van der Waals surface area contributed by atoms with E-state index in [1.807, 2.05) is 6.07 Å². The monoisotopic (exact) mass is 252 g/mol. The van der Waals surface area contributed by atoms with Gasteiger partial charge in [-0.1, -0.05) is 13.0 Å². The predicted octanol–water partition coefficient (Wildman–Crippen LogP) is 3.32. The van der Waals surface area contributed by atoms with E-state index in [4.69, 9.17) is 5.73 Å². The van der Waals surface area contributed by atoms with Crippen molar-refractivity contribution in [1.82, 2.24) is 4.98 Å². The van der Waals surface area contributed by atoms with Crippen LogP contribution in [0.3, 0.4) is 0 Å².